The van der Waals surface area contributed by atoms with Gasteiger partial charge in [0.05, 0.1) is 24.7 Å². The first-order chi connectivity index (χ1) is 16.2. The molecule has 0 atom stereocenters. The van der Waals surface area contributed by atoms with Crippen molar-refractivity contribution in [2.45, 2.75) is 13.8 Å². The number of ether oxygens (including phenoxy) is 2. The fourth-order valence-electron chi connectivity index (χ4n) is 3.92. The zero-order chi connectivity index (χ0) is 25.0. The number of methoxy groups -OCH3 is 1. The first-order valence-electron chi connectivity index (χ1n) is 10.8. The molecule has 0 bridgehead atoms. The molecule has 0 aliphatic carbocycles. The summed E-state index contributed by atoms with van der Waals surface area (Å²) in [6.07, 6.45) is 1.33. The van der Waals surface area contributed by atoms with Crippen LogP contribution in [0.2, 0.25) is 0 Å². The Balaban J connectivity index is 2.02. The van der Waals surface area contributed by atoms with Crippen molar-refractivity contribution in [2.24, 2.45) is 7.05 Å². The molecule has 2 saturated heterocycles. The lowest BCUT2D eigenvalue weighted by molar-refractivity contribution is -0.122. The van der Waals surface area contributed by atoms with Crippen LogP contribution in [-0.2, 0) is 21.3 Å². The minimum atomic E-state index is -0.410. The fraction of sp³-hybridized carbons (Fsp3) is 0.500. The van der Waals surface area contributed by atoms with Crippen LogP contribution in [0, 0.1) is 18.3 Å². The van der Waals surface area contributed by atoms with Crippen molar-refractivity contribution in [3.8, 4) is 6.07 Å². The lowest BCUT2D eigenvalue weighted by Gasteiger charge is -2.37. The van der Waals surface area contributed by atoms with E-state index in [4.69, 9.17) is 21.7 Å². The van der Waals surface area contributed by atoms with E-state index in [2.05, 4.69) is 0 Å². The summed E-state index contributed by atoms with van der Waals surface area (Å²) in [5.41, 5.74) is 0.719. The number of nitrogens with zero attached hydrogens (tertiary/aromatic N) is 5. The summed E-state index contributed by atoms with van der Waals surface area (Å²) in [5.74, 6) is 0.351. The molecular weight excluding hydrogens is 478 g/mol. The quantitative estimate of drug-likeness (QED) is 0.421. The molecule has 0 radical (unpaired) electrons. The van der Waals surface area contributed by atoms with Gasteiger partial charge in [-0.1, -0.05) is 24.0 Å². The van der Waals surface area contributed by atoms with Gasteiger partial charge >= 0.3 is 6.09 Å². The molecule has 0 saturated carbocycles. The molecule has 2 aliphatic heterocycles. The number of amides is 2. The summed E-state index contributed by atoms with van der Waals surface area (Å²) < 4.78 is 12.0. The second-order valence-electron chi connectivity index (χ2n) is 7.71. The third-order valence-electron chi connectivity index (χ3n) is 5.74. The molecule has 182 valence electrons. The molecule has 10 nitrogen and oxygen atoms in total. The van der Waals surface area contributed by atoms with Crippen LogP contribution >= 0.6 is 24.0 Å². The molecule has 0 aromatic carbocycles. The molecule has 0 unspecified atom stereocenters. The van der Waals surface area contributed by atoms with E-state index in [-0.39, 0.29) is 17.6 Å². The van der Waals surface area contributed by atoms with Crippen LogP contribution in [0.25, 0.3) is 6.08 Å². The Hall–Kier alpha value is -2.88. The van der Waals surface area contributed by atoms with Gasteiger partial charge in [0.2, 0.25) is 0 Å². The SMILES string of the molecule is CCOC(=O)N1CCN(c2c(/C=C3\SC(=S)N(CCOC)C3=O)c(C)c(C#N)c(=O)n2C)CC1. The normalized spacial score (nSPS) is 17.5. The smallest absolute Gasteiger partial charge is 0.409 e. The van der Waals surface area contributed by atoms with E-state index in [1.807, 2.05) is 11.0 Å². The summed E-state index contributed by atoms with van der Waals surface area (Å²) in [6, 6.07) is 2.00. The van der Waals surface area contributed by atoms with Gasteiger partial charge in [0.1, 0.15) is 21.8 Å². The summed E-state index contributed by atoms with van der Waals surface area (Å²) in [7, 11) is 3.16. The highest BCUT2D eigenvalue weighted by atomic mass is 32.2. The van der Waals surface area contributed by atoms with Gasteiger partial charge in [0.25, 0.3) is 11.5 Å². The van der Waals surface area contributed by atoms with Crippen LogP contribution in [0.1, 0.15) is 23.6 Å². The van der Waals surface area contributed by atoms with E-state index in [1.165, 1.54) is 21.2 Å². The number of carbonyl (C=O) groups excluding carboxylic acids is 2. The number of rotatable bonds is 6. The highest BCUT2D eigenvalue weighted by Gasteiger charge is 2.33. The number of pyridine rings is 1. The molecule has 2 aliphatic rings. The number of carbonyl (C=O) groups is 2. The Bertz CT molecular complexity index is 1130. The van der Waals surface area contributed by atoms with Crippen molar-refractivity contribution in [2.75, 3.05) is 57.9 Å². The minimum absolute atomic E-state index is 0.0255. The molecule has 12 heteroatoms. The lowest BCUT2D eigenvalue weighted by atomic mass is 10.0. The van der Waals surface area contributed by atoms with Gasteiger partial charge in [0, 0.05) is 45.9 Å². The van der Waals surface area contributed by atoms with Gasteiger partial charge in [-0.3, -0.25) is 19.1 Å². The molecule has 1 aromatic heterocycles. The summed E-state index contributed by atoms with van der Waals surface area (Å²) in [4.78, 5) is 43.5. The Morgan fingerprint density at radius 1 is 1.26 bits per heavy atom. The van der Waals surface area contributed by atoms with Gasteiger partial charge in [-0.2, -0.15) is 5.26 Å². The molecular formula is C22H27N5O5S2. The average Bonchev–Trinajstić information content (AvgIpc) is 3.09. The van der Waals surface area contributed by atoms with Gasteiger partial charge in [-0.05, 0) is 25.5 Å². The average molecular weight is 506 g/mol. The van der Waals surface area contributed by atoms with E-state index >= 15 is 0 Å². The maximum atomic E-state index is 13.0. The van der Waals surface area contributed by atoms with Crippen LogP contribution in [0.15, 0.2) is 9.70 Å². The number of anilines is 1. The van der Waals surface area contributed by atoms with E-state index in [1.54, 1.807) is 39.0 Å². The topological polar surface area (TPSA) is 108 Å². The first kappa shape index (κ1) is 25.7. The first-order valence-corrected chi connectivity index (χ1v) is 12.0. The van der Waals surface area contributed by atoms with Crippen molar-refractivity contribution >= 4 is 52.2 Å². The van der Waals surface area contributed by atoms with Crippen LogP contribution in [0.4, 0.5) is 10.6 Å². The Kier molecular flexibility index (Phi) is 8.35. The van der Waals surface area contributed by atoms with Gasteiger partial charge in [-0.25, -0.2) is 4.79 Å². The summed E-state index contributed by atoms with van der Waals surface area (Å²) in [6.45, 7) is 6.23. The predicted octanol–water partition coefficient (Wildman–Crippen LogP) is 1.69. The van der Waals surface area contributed by atoms with Gasteiger partial charge < -0.3 is 19.3 Å². The summed E-state index contributed by atoms with van der Waals surface area (Å²) >= 11 is 6.55. The van der Waals surface area contributed by atoms with E-state index in [0.717, 1.165) is 0 Å². The standard InChI is InChI=1S/C22H27N5O5S2/c1-5-32-21(30)26-8-6-25(7-9-26)18-15(14(2)16(13-23)19(28)24(18)3)12-17-20(29)27(10-11-31-4)22(33)34-17/h12H,5-11H2,1-4H3/b17-12-. The summed E-state index contributed by atoms with van der Waals surface area (Å²) in [5, 5.41) is 9.62. The van der Waals surface area contributed by atoms with Crippen molar-refractivity contribution < 1.29 is 19.1 Å². The van der Waals surface area contributed by atoms with Crippen molar-refractivity contribution in [3.05, 3.63) is 31.9 Å². The van der Waals surface area contributed by atoms with Gasteiger partial charge in [-0.15, -0.1) is 0 Å². The van der Waals surface area contributed by atoms with Gasteiger partial charge in [0.15, 0.2) is 0 Å². The van der Waals surface area contributed by atoms with Crippen LogP contribution < -0.4 is 10.5 Å². The zero-order valence-electron chi connectivity index (χ0n) is 19.6. The lowest BCUT2D eigenvalue weighted by Crippen LogP contribution is -2.50. The number of hydrogen-bond acceptors (Lipinski definition) is 9. The molecule has 3 rings (SSSR count). The van der Waals surface area contributed by atoms with E-state index < -0.39 is 5.56 Å². The third kappa shape index (κ3) is 4.96. The largest absolute Gasteiger partial charge is 0.450 e. The second-order valence-corrected chi connectivity index (χ2v) is 9.39. The maximum Gasteiger partial charge on any atom is 0.409 e. The maximum absolute atomic E-state index is 13.0. The highest BCUT2D eigenvalue weighted by molar-refractivity contribution is 8.26. The number of nitriles is 1. The predicted molar refractivity (Wildman–Crippen MR) is 134 cm³/mol. The highest BCUT2D eigenvalue weighted by Crippen LogP contribution is 2.35. The molecule has 2 amide bonds. The molecule has 0 N–H and O–H groups in total. The molecule has 34 heavy (non-hydrogen) atoms. The molecule has 1 aromatic rings. The number of hydrogen-bond donors (Lipinski definition) is 0. The fourth-order valence-corrected chi connectivity index (χ4v) is 5.21. The monoisotopic (exact) mass is 505 g/mol. The van der Waals surface area contributed by atoms with Crippen molar-refractivity contribution in [1.29, 1.82) is 5.26 Å². The Labute approximate surface area is 207 Å². The van der Waals surface area contributed by atoms with Crippen molar-refractivity contribution in [1.82, 2.24) is 14.4 Å². The van der Waals surface area contributed by atoms with E-state index in [0.29, 0.717) is 72.1 Å². The molecule has 2 fully saturated rings. The van der Waals surface area contributed by atoms with Crippen LogP contribution in [0.3, 0.4) is 0 Å². The molecule has 0 spiro atoms. The third-order valence-corrected chi connectivity index (χ3v) is 7.12. The number of thioether (sulfide) groups is 1. The van der Waals surface area contributed by atoms with E-state index in [9.17, 15) is 19.6 Å². The zero-order valence-corrected chi connectivity index (χ0v) is 21.3. The van der Waals surface area contributed by atoms with Crippen LogP contribution in [-0.4, -0.2) is 83.7 Å². The van der Waals surface area contributed by atoms with Crippen LogP contribution in [0.5, 0.6) is 0 Å². The number of piperazine rings is 1. The number of thiocarbonyl (C=S) groups is 1. The number of aromatic nitrogens is 1. The Morgan fingerprint density at radius 3 is 2.53 bits per heavy atom. The second kappa shape index (κ2) is 11.0. The van der Waals surface area contributed by atoms with Crippen molar-refractivity contribution in [3.63, 3.8) is 0 Å². The minimum Gasteiger partial charge on any atom is -0.450 e. The Morgan fingerprint density at radius 2 is 1.94 bits per heavy atom. The molecule has 3 heterocycles.